The predicted molar refractivity (Wildman–Crippen MR) is 88.9 cm³/mol. The van der Waals surface area contributed by atoms with Crippen LogP contribution in [-0.2, 0) is 12.3 Å². The molecular formula is C16H21NOS2. The molecule has 0 fully saturated rings. The van der Waals surface area contributed by atoms with E-state index in [2.05, 4.69) is 48.0 Å². The topological polar surface area (TPSA) is 21.3 Å². The maximum atomic E-state index is 5.47. The molecule has 1 aromatic carbocycles. The Hall–Kier alpha value is -0.970. The standard InChI is InChI=1S/C16H21NOS2/c1-3-8-17-11-13-6-7-15(18-2)14(10-13)12-20-16-5-4-9-19-16/h4-7,9-10,17H,3,8,11-12H2,1-2H3. The van der Waals surface area contributed by atoms with Crippen LogP contribution in [0.15, 0.2) is 39.9 Å². The van der Waals surface area contributed by atoms with Crippen LogP contribution in [-0.4, -0.2) is 13.7 Å². The first-order chi connectivity index (χ1) is 9.83. The molecule has 0 atom stereocenters. The largest absolute Gasteiger partial charge is 0.496 e. The van der Waals surface area contributed by atoms with E-state index < -0.39 is 0 Å². The summed E-state index contributed by atoms with van der Waals surface area (Å²) >= 11 is 3.65. The van der Waals surface area contributed by atoms with Crippen LogP contribution in [0.1, 0.15) is 24.5 Å². The van der Waals surface area contributed by atoms with Gasteiger partial charge in [-0.3, -0.25) is 0 Å². The molecule has 0 amide bonds. The summed E-state index contributed by atoms with van der Waals surface area (Å²) in [5, 5.41) is 5.56. The molecule has 20 heavy (non-hydrogen) atoms. The van der Waals surface area contributed by atoms with Crippen LogP contribution in [0.5, 0.6) is 5.75 Å². The lowest BCUT2D eigenvalue weighted by Gasteiger charge is -2.11. The van der Waals surface area contributed by atoms with E-state index in [0.717, 1.165) is 31.0 Å². The van der Waals surface area contributed by atoms with Crippen LogP contribution < -0.4 is 10.1 Å². The smallest absolute Gasteiger partial charge is 0.122 e. The van der Waals surface area contributed by atoms with Crippen molar-refractivity contribution in [3.05, 3.63) is 46.8 Å². The number of nitrogens with one attached hydrogen (secondary N) is 1. The summed E-state index contributed by atoms with van der Waals surface area (Å²) in [6, 6.07) is 10.7. The van der Waals surface area contributed by atoms with Crippen molar-refractivity contribution >= 4 is 23.1 Å². The number of hydrogen-bond donors (Lipinski definition) is 1. The van der Waals surface area contributed by atoms with Crippen molar-refractivity contribution in [3.63, 3.8) is 0 Å². The normalized spacial score (nSPS) is 10.7. The first-order valence-corrected chi connectivity index (χ1v) is 8.72. The highest BCUT2D eigenvalue weighted by Gasteiger charge is 2.06. The molecule has 1 aromatic heterocycles. The van der Waals surface area contributed by atoms with Gasteiger partial charge in [0, 0.05) is 17.9 Å². The molecule has 0 aliphatic carbocycles. The van der Waals surface area contributed by atoms with Gasteiger partial charge in [-0.2, -0.15) is 0 Å². The van der Waals surface area contributed by atoms with Crippen molar-refractivity contribution in [2.75, 3.05) is 13.7 Å². The van der Waals surface area contributed by atoms with Gasteiger partial charge in [-0.05, 0) is 42.1 Å². The Morgan fingerprint density at radius 2 is 2.20 bits per heavy atom. The summed E-state index contributed by atoms with van der Waals surface area (Å²) in [5.74, 6) is 1.93. The van der Waals surface area contributed by atoms with Gasteiger partial charge < -0.3 is 10.1 Å². The van der Waals surface area contributed by atoms with Crippen molar-refractivity contribution in [3.8, 4) is 5.75 Å². The molecule has 2 nitrogen and oxygen atoms in total. The third-order valence-corrected chi connectivity index (χ3v) is 5.15. The summed E-state index contributed by atoms with van der Waals surface area (Å²) in [5.41, 5.74) is 2.59. The number of methoxy groups -OCH3 is 1. The van der Waals surface area contributed by atoms with E-state index >= 15 is 0 Å². The summed E-state index contributed by atoms with van der Waals surface area (Å²) in [7, 11) is 1.74. The van der Waals surface area contributed by atoms with Gasteiger partial charge in [0.25, 0.3) is 0 Å². The van der Waals surface area contributed by atoms with Crippen molar-refractivity contribution in [2.45, 2.75) is 29.9 Å². The Kier molecular flexibility index (Phi) is 6.43. The Labute approximate surface area is 129 Å². The van der Waals surface area contributed by atoms with Gasteiger partial charge in [0.05, 0.1) is 11.3 Å². The minimum Gasteiger partial charge on any atom is -0.496 e. The summed E-state index contributed by atoms with van der Waals surface area (Å²) in [4.78, 5) is 0. The lowest BCUT2D eigenvalue weighted by molar-refractivity contribution is 0.411. The lowest BCUT2D eigenvalue weighted by atomic mass is 10.1. The zero-order valence-electron chi connectivity index (χ0n) is 12.0. The van der Waals surface area contributed by atoms with E-state index in [9.17, 15) is 0 Å². The zero-order valence-corrected chi connectivity index (χ0v) is 13.7. The molecule has 4 heteroatoms. The number of thiophene rings is 1. The molecule has 0 saturated heterocycles. The maximum Gasteiger partial charge on any atom is 0.122 e. The number of benzene rings is 1. The summed E-state index contributed by atoms with van der Waals surface area (Å²) in [6.45, 7) is 4.17. The second-order valence-electron chi connectivity index (χ2n) is 4.54. The van der Waals surface area contributed by atoms with Crippen LogP contribution in [0.3, 0.4) is 0 Å². The molecule has 2 rings (SSSR count). The predicted octanol–water partition coefficient (Wildman–Crippen LogP) is 4.55. The maximum absolute atomic E-state index is 5.47. The van der Waals surface area contributed by atoms with Gasteiger partial charge in [0.15, 0.2) is 0 Å². The average molecular weight is 307 g/mol. The number of hydrogen-bond acceptors (Lipinski definition) is 4. The Balaban J connectivity index is 2.02. The fourth-order valence-corrected chi connectivity index (χ4v) is 3.72. The monoisotopic (exact) mass is 307 g/mol. The van der Waals surface area contributed by atoms with Crippen LogP contribution >= 0.6 is 23.1 Å². The quantitative estimate of drug-likeness (QED) is 0.571. The molecule has 1 N–H and O–H groups in total. The van der Waals surface area contributed by atoms with Gasteiger partial charge in [0.1, 0.15) is 5.75 Å². The molecule has 0 saturated carbocycles. The number of ether oxygens (including phenoxy) is 1. The third kappa shape index (κ3) is 4.54. The molecule has 0 spiro atoms. The Morgan fingerprint density at radius 3 is 2.90 bits per heavy atom. The molecule has 0 aliphatic heterocycles. The fourth-order valence-electron chi connectivity index (χ4n) is 1.96. The SMILES string of the molecule is CCCNCc1ccc(OC)c(CSc2cccs2)c1. The van der Waals surface area contributed by atoms with E-state index in [1.54, 1.807) is 18.4 Å². The molecule has 0 aliphatic rings. The van der Waals surface area contributed by atoms with Crippen molar-refractivity contribution in [1.29, 1.82) is 0 Å². The molecular weight excluding hydrogens is 286 g/mol. The molecule has 0 radical (unpaired) electrons. The van der Waals surface area contributed by atoms with Gasteiger partial charge in [-0.25, -0.2) is 0 Å². The van der Waals surface area contributed by atoms with Crippen LogP contribution in [0, 0.1) is 0 Å². The van der Waals surface area contributed by atoms with Crippen LogP contribution in [0.2, 0.25) is 0 Å². The van der Waals surface area contributed by atoms with Crippen LogP contribution in [0.25, 0.3) is 0 Å². The highest BCUT2D eigenvalue weighted by atomic mass is 32.2. The second-order valence-corrected chi connectivity index (χ2v) is 6.77. The summed E-state index contributed by atoms with van der Waals surface area (Å²) < 4.78 is 6.81. The van der Waals surface area contributed by atoms with Gasteiger partial charge >= 0.3 is 0 Å². The molecule has 0 unspecified atom stereocenters. The van der Waals surface area contributed by atoms with Crippen molar-refractivity contribution in [1.82, 2.24) is 5.32 Å². The minimum atomic E-state index is 0.925. The molecule has 108 valence electrons. The van der Waals surface area contributed by atoms with Gasteiger partial charge in [-0.15, -0.1) is 23.1 Å². The Morgan fingerprint density at radius 1 is 1.30 bits per heavy atom. The molecule has 1 heterocycles. The van der Waals surface area contributed by atoms with Gasteiger partial charge in [-0.1, -0.05) is 19.1 Å². The van der Waals surface area contributed by atoms with E-state index in [0.29, 0.717) is 0 Å². The average Bonchev–Trinajstić information content (AvgIpc) is 2.99. The van der Waals surface area contributed by atoms with E-state index in [1.807, 2.05) is 11.8 Å². The van der Waals surface area contributed by atoms with Crippen LogP contribution in [0.4, 0.5) is 0 Å². The van der Waals surface area contributed by atoms with Crippen molar-refractivity contribution in [2.24, 2.45) is 0 Å². The Bertz CT molecular complexity index is 511. The fraction of sp³-hybridized carbons (Fsp3) is 0.375. The summed E-state index contributed by atoms with van der Waals surface area (Å²) in [6.07, 6.45) is 1.16. The van der Waals surface area contributed by atoms with Gasteiger partial charge in [0.2, 0.25) is 0 Å². The first-order valence-electron chi connectivity index (χ1n) is 6.86. The van der Waals surface area contributed by atoms with Crippen molar-refractivity contribution < 1.29 is 4.74 Å². The minimum absolute atomic E-state index is 0.925. The second kappa shape index (κ2) is 8.35. The highest BCUT2D eigenvalue weighted by Crippen LogP contribution is 2.31. The molecule has 2 aromatic rings. The number of thioether (sulfide) groups is 1. The van der Waals surface area contributed by atoms with E-state index in [1.165, 1.54) is 15.3 Å². The van der Waals surface area contributed by atoms with E-state index in [-0.39, 0.29) is 0 Å². The van der Waals surface area contributed by atoms with E-state index in [4.69, 9.17) is 4.74 Å². The lowest BCUT2D eigenvalue weighted by Crippen LogP contribution is -2.13. The number of rotatable bonds is 8. The molecule has 0 bridgehead atoms. The highest BCUT2D eigenvalue weighted by molar-refractivity contribution is 8.00. The zero-order chi connectivity index (χ0) is 14.2. The third-order valence-electron chi connectivity index (χ3n) is 2.97. The first kappa shape index (κ1) is 15.4.